The van der Waals surface area contributed by atoms with Gasteiger partial charge in [-0.1, -0.05) is 23.1 Å². The lowest BCUT2D eigenvalue weighted by atomic mass is 10.1. The fourth-order valence-electron chi connectivity index (χ4n) is 1.99. The number of aromatic nitrogens is 2. The van der Waals surface area contributed by atoms with Gasteiger partial charge in [-0.05, 0) is 6.92 Å². The van der Waals surface area contributed by atoms with Crippen LogP contribution in [0.1, 0.15) is 5.01 Å². The van der Waals surface area contributed by atoms with Crippen molar-refractivity contribution in [2.24, 2.45) is 5.73 Å². The van der Waals surface area contributed by atoms with Gasteiger partial charge >= 0.3 is 5.97 Å². The van der Waals surface area contributed by atoms with Crippen molar-refractivity contribution in [3.63, 3.8) is 0 Å². The Labute approximate surface area is 126 Å². The maximum Gasteiger partial charge on any atom is 0.353 e. The van der Waals surface area contributed by atoms with Crippen molar-refractivity contribution in [3.05, 3.63) is 15.6 Å². The Kier molecular flexibility index (Phi) is 3.48. The van der Waals surface area contributed by atoms with Gasteiger partial charge in [0.2, 0.25) is 5.91 Å². The normalized spacial score (nSPS) is 25.5. The Morgan fingerprint density at radius 3 is 2.90 bits per heavy atom. The molecular formula is C10H10N4O3S3. The van der Waals surface area contributed by atoms with Gasteiger partial charge in [0.1, 0.15) is 22.1 Å². The number of β-lactam (4-membered cyclic amide) rings is 1. The van der Waals surface area contributed by atoms with Crippen LogP contribution in [0.15, 0.2) is 14.9 Å². The van der Waals surface area contributed by atoms with Crippen LogP contribution in [0.25, 0.3) is 0 Å². The number of thioether (sulfide) groups is 2. The molecule has 2 atom stereocenters. The molecule has 106 valence electrons. The standard InChI is InChI=1S/C10H10N4O3S3/c1-3-12-13-10(19-3)20-4-2-18-8-5(11)7(15)14(8)6(4)9(16)17/h5,8H,2,11H2,1H3,(H,16,17)/t5?,8-/m0/s1. The molecule has 1 aromatic heterocycles. The monoisotopic (exact) mass is 330 g/mol. The van der Waals surface area contributed by atoms with Crippen molar-refractivity contribution >= 4 is 46.7 Å². The molecular weight excluding hydrogens is 320 g/mol. The van der Waals surface area contributed by atoms with Crippen LogP contribution in [0.3, 0.4) is 0 Å². The number of nitrogens with zero attached hydrogens (tertiary/aromatic N) is 3. The summed E-state index contributed by atoms with van der Waals surface area (Å²) in [5.74, 6) is -0.946. The van der Waals surface area contributed by atoms with E-state index in [1.807, 2.05) is 6.92 Å². The first kappa shape index (κ1) is 13.9. The predicted molar refractivity (Wildman–Crippen MR) is 76.2 cm³/mol. The van der Waals surface area contributed by atoms with E-state index in [0.717, 1.165) is 5.01 Å². The Hall–Kier alpha value is -1.10. The average molecular weight is 330 g/mol. The minimum atomic E-state index is -1.11. The first-order valence-corrected chi connectivity index (χ1v) is 8.32. The molecule has 1 aromatic rings. The van der Waals surface area contributed by atoms with Crippen LogP contribution in [0, 0.1) is 6.92 Å². The van der Waals surface area contributed by atoms with Gasteiger partial charge in [-0.3, -0.25) is 9.69 Å². The van der Waals surface area contributed by atoms with E-state index in [0.29, 0.717) is 15.0 Å². The number of amides is 1. The van der Waals surface area contributed by atoms with Crippen molar-refractivity contribution in [1.82, 2.24) is 15.1 Å². The van der Waals surface area contributed by atoms with E-state index < -0.39 is 12.0 Å². The number of aryl methyl sites for hydroxylation is 1. The van der Waals surface area contributed by atoms with Gasteiger partial charge in [0.15, 0.2) is 4.34 Å². The molecule has 0 spiro atoms. The number of carboxylic acid groups (broad SMARTS) is 1. The van der Waals surface area contributed by atoms with Crippen molar-refractivity contribution in [1.29, 1.82) is 0 Å². The zero-order valence-electron chi connectivity index (χ0n) is 10.3. The second-order valence-electron chi connectivity index (χ2n) is 4.20. The van der Waals surface area contributed by atoms with E-state index in [9.17, 15) is 14.7 Å². The van der Waals surface area contributed by atoms with E-state index in [2.05, 4.69) is 10.2 Å². The summed E-state index contributed by atoms with van der Waals surface area (Å²) in [6.45, 7) is 1.83. The molecule has 0 bridgehead atoms. The largest absolute Gasteiger partial charge is 0.477 e. The van der Waals surface area contributed by atoms with Crippen molar-refractivity contribution in [3.8, 4) is 0 Å². The molecule has 1 unspecified atom stereocenters. The summed E-state index contributed by atoms with van der Waals surface area (Å²) in [7, 11) is 0. The molecule has 7 nitrogen and oxygen atoms in total. The molecule has 3 N–H and O–H groups in total. The van der Waals surface area contributed by atoms with E-state index >= 15 is 0 Å². The molecule has 3 heterocycles. The molecule has 10 heteroatoms. The maximum atomic E-state index is 11.8. The Morgan fingerprint density at radius 2 is 2.30 bits per heavy atom. The number of hydrogen-bond acceptors (Lipinski definition) is 8. The summed E-state index contributed by atoms with van der Waals surface area (Å²) in [6.07, 6.45) is 0. The van der Waals surface area contributed by atoms with Gasteiger partial charge in [0.25, 0.3) is 0 Å². The number of hydrogen-bond donors (Lipinski definition) is 2. The lowest BCUT2D eigenvalue weighted by molar-refractivity contribution is -0.147. The molecule has 20 heavy (non-hydrogen) atoms. The van der Waals surface area contributed by atoms with Crippen LogP contribution in [-0.2, 0) is 9.59 Å². The highest BCUT2D eigenvalue weighted by molar-refractivity contribution is 8.07. The number of carbonyl (C=O) groups is 2. The van der Waals surface area contributed by atoms with Gasteiger partial charge in [0.05, 0.1) is 0 Å². The van der Waals surface area contributed by atoms with Crippen LogP contribution < -0.4 is 5.73 Å². The lowest BCUT2D eigenvalue weighted by Crippen LogP contribution is -2.68. The quantitative estimate of drug-likeness (QED) is 0.770. The third-order valence-electron chi connectivity index (χ3n) is 2.90. The van der Waals surface area contributed by atoms with Crippen LogP contribution in [-0.4, -0.2) is 49.2 Å². The summed E-state index contributed by atoms with van der Waals surface area (Å²) in [6, 6.07) is -0.607. The molecule has 1 saturated heterocycles. The van der Waals surface area contributed by atoms with Gasteiger partial charge in [-0.25, -0.2) is 4.79 Å². The van der Waals surface area contributed by atoms with E-state index in [4.69, 9.17) is 5.73 Å². The van der Waals surface area contributed by atoms with E-state index in [-0.39, 0.29) is 17.0 Å². The smallest absolute Gasteiger partial charge is 0.353 e. The average Bonchev–Trinajstić information content (AvgIpc) is 2.82. The maximum absolute atomic E-state index is 11.8. The highest BCUT2D eigenvalue weighted by Gasteiger charge is 2.51. The number of fused-ring (bicyclic) bond motifs is 1. The van der Waals surface area contributed by atoms with Gasteiger partial charge in [0, 0.05) is 10.7 Å². The molecule has 0 aromatic carbocycles. The molecule has 2 aliphatic heterocycles. The van der Waals surface area contributed by atoms with Gasteiger partial charge in [-0.2, -0.15) is 0 Å². The zero-order chi connectivity index (χ0) is 14.4. The number of carboxylic acids is 1. The number of aliphatic carboxylic acids is 1. The molecule has 0 aliphatic carbocycles. The SMILES string of the molecule is Cc1nnc(SC2=C(C(=O)O)N3C(=O)C(N)[C@@H]3SC2)s1. The molecule has 0 radical (unpaired) electrons. The molecule has 0 saturated carbocycles. The minimum Gasteiger partial charge on any atom is -0.477 e. The lowest BCUT2D eigenvalue weighted by Gasteiger charge is -2.47. The Morgan fingerprint density at radius 1 is 1.55 bits per heavy atom. The van der Waals surface area contributed by atoms with Crippen molar-refractivity contribution < 1.29 is 14.7 Å². The van der Waals surface area contributed by atoms with Crippen LogP contribution in [0.2, 0.25) is 0 Å². The van der Waals surface area contributed by atoms with Crippen molar-refractivity contribution in [2.75, 3.05) is 5.75 Å². The van der Waals surface area contributed by atoms with Crippen LogP contribution in [0.4, 0.5) is 0 Å². The summed E-state index contributed by atoms with van der Waals surface area (Å²) in [5, 5.41) is 17.8. The van der Waals surface area contributed by atoms with Crippen molar-refractivity contribution in [2.45, 2.75) is 22.7 Å². The van der Waals surface area contributed by atoms with Crippen LogP contribution >= 0.6 is 34.9 Å². The summed E-state index contributed by atoms with van der Waals surface area (Å²) < 4.78 is 0.674. The fraction of sp³-hybridized carbons (Fsp3) is 0.400. The highest BCUT2D eigenvalue weighted by atomic mass is 32.2. The topological polar surface area (TPSA) is 109 Å². The number of carbonyl (C=O) groups excluding carboxylic acids is 1. The van der Waals surface area contributed by atoms with Crippen LogP contribution in [0.5, 0.6) is 0 Å². The Bertz CT molecular complexity index is 629. The highest BCUT2D eigenvalue weighted by Crippen LogP contribution is 2.44. The Balaban J connectivity index is 1.94. The predicted octanol–water partition coefficient (Wildman–Crippen LogP) is 0.477. The first-order valence-electron chi connectivity index (χ1n) is 5.63. The number of nitrogens with two attached hydrogens (primary N) is 1. The summed E-state index contributed by atoms with van der Waals surface area (Å²) in [5.41, 5.74) is 5.71. The third kappa shape index (κ3) is 2.12. The van der Waals surface area contributed by atoms with Gasteiger partial charge in [-0.15, -0.1) is 22.0 Å². The third-order valence-corrected chi connectivity index (χ3v) is 6.35. The second kappa shape index (κ2) is 5.02. The molecule has 1 amide bonds. The summed E-state index contributed by atoms with van der Waals surface area (Å²) >= 11 is 4.12. The molecule has 1 fully saturated rings. The fourth-order valence-corrected chi connectivity index (χ4v) is 5.39. The van der Waals surface area contributed by atoms with E-state index in [1.54, 1.807) is 0 Å². The first-order chi connectivity index (χ1) is 9.49. The molecule has 3 rings (SSSR count). The summed E-state index contributed by atoms with van der Waals surface area (Å²) in [4.78, 5) is 25.1. The van der Waals surface area contributed by atoms with E-state index in [1.165, 1.54) is 39.8 Å². The zero-order valence-corrected chi connectivity index (χ0v) is 12.7. The number of rotatable bonds is 3. The minimum absolute atomic E-state index is 0.0262. The molecule has 2 aliphatic rings. The van der Waals surface area contributed by atoms with Gasteiger partial charge < -0.3 is 10.8 Å². The second-order valence-corrected chi connectivity index (χ2v) is 7.83.